The van der Waals surface area contributed by atoms with Crippen molar-refractivity contribution in [1.82, 2.24) is 4.90 Å². The first-order valence-corrected chi connectivity index (χ1v) is 7.75. The van der Waals surface area contributed by atoms with Crippen molar-refractivity contribution in [1.29, 1.82) is 0 Å². The largest absolute Gasteiger partial charge is 0.444 e. The number of nitrogens with zero attached hydrogens (tertiary/aromatic N) is 1. The lowest BCUT2D eigenvalue weighted by atomic mass is 10.0. The van der Waals surface area contributed by atoms with Crippen molar-refractivity contribution in [3.05, 3.63) is 0 Å². The van der Waals surface area contributed by atoms with Gasteiger partial charge in [0.05, 0.1) is 6.04 Å². The van der Waals surface area contributed by atoms with Crippen LogP contribution in [-0.4, -0.2) is 43.9 Å². The van der Waals surface area contributed by atoms with Gasteiger partial charge in [-0.05, 0) is 33.1 Å². The van der Waals surface area contributed by atoms with E-state index in [0.717, 1.165) is 4.90 Å². The first kappa shape index (κ1) is 18.1. The Balaban J connectivity index is 4.89. The van der Waals surface area contributed by atoms with E-state index in [1.807, 2.05) is 13.8 Å². The van der Waals surface area contributed by atoms with Crippen LogP contribution in [0.3, 0.4) is 0 Å². The minimum atomic E-state index is -4.64. The van der Waals surface area contributed by atoms with E-state index in [1.54, 1.807) is 20.8 Å². The summed E-state index contributed by atoms with van der Waals surface area (Å²) < 4.78 is 39.6. The van der Waals surface area contributed by atoms with Crippen LogP contribution in [0.1, 0.15) is 41.0 Å². The monoisotopic (exact) mass is 297 g/mol. The standard InChI is InChI=1S/C12H24FNO4S/c1-9(2)7-10(8-19(13,16)17)14(6)11(15)18-12(3,4)5/h9-10H,7-8H2,1-6H3. The molecule has 0 radical (unpaired) electrons. The minimum Gasteiger partial charge on any atom is -0.444 e. The van der Waals surface area contributed by atoms with E-state index in [4.69, 9.17) is 4.74 Å². The normalized spacial score (nSPS) is 14.3. The van der Waals surface area contributed by atoms with Gasteiger partial charge in [0.2, 0.25) is 0 Å². The van der Waals surface area contributed by atoms with Gasteiger partial charge in [0.25, 0.3) is 0 Å². The SMILES string of the molecule is CC(C)CC(CS(=O)(=O)F)N(C)C(=O)OC(C)(C)C. The first-order chi connectivity index (χ1) is 8.32. The van der Waals surface area contributed by atoms with Gasteiger partial charge in [0.1, 0.15) is 11.4 Å². The van der Waals surface area contributed by atoms with E-state index >= 15 is 0 Å². The Morgan fingerprint density at radius 3 is 2.11 bits per heavy atom. The van der Waals surface area contributed by atoms with Gasteiger partial charge in [-0.2, -0.15) is 8.42 Å². The van der Waals surface area contributed by atoms with Crippen molar-refractivity contribution in [3.8, 4) is 0 Å². The summed E-state index contributed by atoms with van der Waals surface area (Å²) in [6.45, 7) is 8.88. The Bertz CT molecular complexity index is 400. The van der Waals surface area contributed by atoms with Gasteiger partial charge >= 0.3 is 16.3 Å². The third-order valence-electron chi connectivity index (χ3n) is 2.36. The molecule has 5 nitrogen and oxygen atoms in total. The molecular formula is C12H24FNO4S. The minimum absolute atomic E-state index is 0.136. The number of rotatable bonds is 5. The van der Waals surface area contributed by atoms with Gasteiger partial charge in [-0.15, -0.1) is 3.89 Å². The quantitative estimate of drug-likeness (QED) is 0.732. The van der Waals surface area contributed by atoms with E-state index < -0.39 is 33.7 Å². The molecule has 0 spiro atoms. The highest BCUT2D eigenvalue weighted by Crippen LogP contribution is 2.17. The van der Waals surface area contributed by atoms with E-state index in [2.05, 4.69) is 0 Å². The van der Waals surface area contributed by atoms with Gasteiger partial charge in [0.15, 0.2) is 0 Å². The molecule has 0 aromatic carbocycles. The third-order valence-corrected chi connectivity index (χ3v) is 3.15. The Kier molecular flexibility index (Phi) is 6.25. The highest BCUT2D eigenvalue weighted by molar-refractivity contribution is 7.86. The van der Waals surface area contributed by atoms with Crippen molar-refractivity contribution in [2.24, 2.45) is 5.92 Å². The molecule has 0 saturated heterocycles. The third kappa shape index (κ3) is 8.80. The van der Waals surface area contributed by atoms with Gasteiger partial charge in [-0.3, -0.25) is 0 Å². The van der Waals surface area contributed by atoms with Gasteiger partial charge in [-0.25, -0.2) is 4.79 Å². The number of ether oxygens (including phenoxy) is 1. The Morgan fingerprint density at radius 1 is 1.32 bits per heavy atom. The Labute approximate surface area is 115 Å². The molecule has 0 aromatic rings. The molecule has 1 unspecified atom stereocenters. The number of halogens is 1. The maximum Gasteiger partial charge on any atom is 0.410 e. The van der Waals surface area contributed by atoms with Crippen LogP contribution < -0.4 is 0 Å². The second kappa shape index (κ2) is 6.54. The lowest BCUT2D eigenvalue weighted by molar-refractivity contribution is 0.0223. The molecule has 0 rings (SSSR count). The molecule has 19 heavy (non-hydrogen) atoms. The maximum absolute atomic E-state index is 12.8. The van der Waals surface area contributed by atoms with Crippen molar-refractivity contribution >= 4 is 16.3 Å². The van der Waals surface area contributed by atoms with Crippen LogP contribution in [0.2, 0.25) is 0 Å². The summed E-state index contributed by atoms with van der Waals surface area (Å²) in [5.74, 6) is -0.572. The molecule has 0 fully saturated rings. The number of hydrogen-bond donors (Lipinski definition) is 0. The highest BCUT2D eigenvalue weighted by atomic mass is 32.3. The predicted octanol–water partition coefficient (Wildman–Crippen LogP) is 2.57. The summed E-state index contributed by atoms with van der Waals surface area (Å²) in [5.41, 5.74) is -0.678. The second-order valence-corrected chi connectivity index (χ2v) is 7.49. The molecule has 0 aromatic heterocycles. The van der Waals surface area contributed by atoms with Crippen LogP contribution in [0.25, 0.3) is 0 Å². The van der Waals surface area contributed by atoms with Crippen molar-refractivity contribution in [2.45, 2.75) is 52.7 Å². The smallest absolute Gasteiger partial charge is 0.410 e. The van der Waals surface area contributed by atoms with E-state index in [-0.39, 0.29) is 5.92 Å². The molecule has 0 saturated carbocycles. The molecule has 1 atom stereocenters. The molecule has 0 aliphatic rings. The lowest BCUT2D eigenvalue weighted by Gasteiger charge is -2.30. The van der Waals surface area contributed by atoms with Crippen LogP contribution >= 0.6 is 0 Å². The Hall–Kier alpha value is -0.850. The van der Waals surface area contributed by atoms with Gasteiger partial charge < -0.3 is 9.64 Å². The zero-order valence-corrected chi connectivity index (χ0v) is 13.3. The van der Waals surface area contributed by atoms with Crippen LogP contribution in [0.4, 0.5) is 8.68 Å². The van der Waals surface area contributed by atoms with Crippen molar-refractivity contribution in [2.75, 3.05) is 12.8 Å². The van der Waals surface area contributed by atoms with E-state index in [1.165, 1.54) is 7.05 Å². The topological polar surface area (TPSA) is 63.7 Å². The maximum atomic E-state index is 12.8. The zero-order valence-electron chi connectivity index (χ0n) is 12.4. The lowest BCUT2D eigenvalue weighted by Crippen LogP contribution is -2.44. The molecule has 1 amide bonds. The molecule has 0 aliphatic carbocycles. The number of hydrogen-bond acceptors (Lipinski definition) is 4. The summed E-state index contributed by atoms with van der Waals surface area (Å²) >= 11 is 0. The van der Waals surface area contributed by atoms with Crippen LogP contribution in [0, 0.1) is 5.92 Å². The molecular weight excluding hydrogens is 273 g/mol. The molecule has 0 N–H and O–H groups in total. The predicted molar refractivity (Wildman–Crippen MR) is 72.1 cm³/mol. The average molecular weight is 297 g/mol. The van der Waals surface area contributed by atoms with Crippen LogP contribution in [-0.2, 0) is 15.0 Å². The molecule has 0 aliphatic heterocycles. The summed E-state index contributed by atoms with van der Waals surface area (Å²) in [6.07, 6.45) is -0.263. The Morgan fingerprint density at radius 2 is 1.79 bits per heavy atom. The second-order valence-electron chi connectivity index (χ2n) is 6.08. The summed E-state index contributed by atoms with van der Waals surface area (Å²) in [7, 11) is -3.22. The first-order valence-electron chi connectivity index (χ1n) is 6.20. The number of carbonyl (C=O) groups is 1. The van der Waals surface area contributed by atoms with Gasteiger partial charge in [-0.1, -0.05) is 13.8 Å². The van der Waals surface area contributed by atoms with Crippen molar-refractivity contribution in [3.63, 3.8) is 0 Å². The molecule has 0 bridgehead atoms. The number of amides is 1. The van der Waals surface area contributed by atoms with Gasteiger partial charge in [0, 0.05) is 7.05 Å². The van der Waals surface area contributed by atoms with E-state index in [0.29, 0.717) is 6.42 Å². The van der Waals surface area contributed by atoms with Crippen LogP contribution in [0.5, 0.6) is 0 Å². The highest BCUT2D eigenvalue weighted by Gasteiger charge is 2.29. The fourth-order valence-electron chi connectivity index (χ4n) is 1.59. The average Bonchev–Trinajstić information content (AvgIpc) is 2.09. The summed E-state index contributed by atoms with van der Waals surface area (Å²) in [4.78, 5) is 13.0. The molecule has 7 heteroatoms. The fourth-order valence-corrected chi connectivity index (χ4v) is 2.41. The summed E-state index contributed by atoms with van der Waals surface area (Å²) in [6, 6.07) is -0.732. The van der Waals surface area contributed by atoms with Crippen molar-refractivity contribution < 1.29 is 21.8 Å². The molecule has 114 valence electrons. The number of carbonyl (C=O) groups excluding carboxylic acids is 1. The zero-order chi connectivity index (χ0) is 15.4. The summed E-state index contributed by atoms with van der Waals surface area (Å²) in [5, 5.41) is 0. The fraction of sp³-hybridized carbons (Fsp3) is 0.917. The molecule has 0 heterocycles. The van der Waals surface area contributed by atoms with E-state index in [9.17, 15) is 17.1 Å². The van der Waals surface area contributed by atoms with Crippen LogP contribution in [0.15, 0.2) is 0 Å².